The maximum absolute atomic E-state index is 11.7. The Morgan fingerprint density at radius 3 is 1.79 bits per heavy atom. The summed E-state index contributed by atoms with van der Waals surface area (Å²) in [4.78, 5) is 13.9. The first-order chi connectivity index (χ1) is 11.2. The van der Waals surface area contributed by atoms with Crippen molar-refractivity contribution >= 4 is 29.9 Å². The Balaban J connectivity index is 0. The Morgan fingerprint density at radius 1 is 0.750 bits per heavy atom. The number of amides is 1. The summed E-state index contributed by atoms with van der Waals surface area (Å²) >= 11 is 0. The lowest BCUT2D eigenvalue weighted by Crippen LogP contribution is -2.24. The second-order valence-electron chi connectivity index (χ2n) is 7.15. The number of hydrogen-bond donors (Lipinski definition) is 1. The predicted molar refractivity (Wildman–Crippen MR) is 117 cm³/mol. The van der Waals surface area contributed by atoms with Crippen molar-refractivity contribution in [2.45, 2.75) is 96.8 Å². The standard InChI is InChI=1S/C20H42N2O.HI/c1-4-5-6-7-8-9-10-11-12-15-18-21-20(23)17-14-13-16-19-22(2)3;/h4-19H2,1-3H3,(H,21,23);1H. The van der Waals surface area contributed by atoms with E-state index in [0.29, 0.717) is 6.42 Å². The minimum absolute atomic E-state index is 0. The third kappa shape index (κ3) is 22.2. The lowest BCUT2D eigenvalue weighted by atomic mass is 10.1. The maximum Gasteiger partial charge on any atom is 0.219 e. The van der Waals surface area contributed by atoms with Crippen LogP contribution in [0.15, 0.2) is 0 Å². The zero-order valence-corrected chi connectivity index (χ0v) is 18.9. The molecule has 0 aliphatic heterocycles. The molecule has 1 N–H and O–H groups in total. The number of rotatable bonds is 17. The molecule has 0 saturated heterocycles. The highest BCUT2D eigenvalue weighted by atomic mass is 127. The third-order valence-corrected chi connectivity index (χ3v) is 4.36. The van der Waals surface area contributed by atoms with E-state index in [-0.39, 0.29) is 29.9 Å². The van der Waals surface area contributed by atoms with Crippen molar-refractivity contribution in [3.05, 3.63) is 0 Å². The number of halogens is 1. The third-order valence-electron chi connectivity index (χ3n) is 4.36. The Bertz CT molecular complexity index is 260. The minimum Gasteiger partial charge on any atom is -0.356 e. The number of hydrogen-bond acceptors (Lipinski definition) is 2. The van der Waals surface area contributed by atoms with E-state index in [4.69, 9.17) is 0 Å². The summed E-state index contributed by atoms with van der Waals surface area (Å²) in [5.41, 5.74) is 0. The Labute approximate surface area is 168 Å². The van der Waals surface area contributed by atoms with E-state index >= 15 is 0 Å². The molecule has 24 heavy (non-hydrogen) atoms. The molecule has 0 unspecified atom stereocenters. The SMILES string of the molecule is CCCCCCCCCCCCNC(=O)CCCCCN(C)C.I. The number of carbonyl (C=O) groups excluding carboxylic acids is 1. The molecule has 0 radical (unpaired) electrons. The van der Waals surface area contributed by atoms with Gasteiger partial charge in [0.25, 0.3) is 0 Å². The monoisotopic (exact) mass is 454 g/mol. The van der Waals surface area contributed by atoms with E-state index in [1.807, 2.05) is 0 Å². The summed E-state index contributed by atoms with van der Waals surface area (Å²) in [7, 11) is 4.19. The molecule has 0 aliphatic carbocycles. The number of unbranched alkanes of at least 4 members (excludes halogenated alkanes) is 11. The molecule has 0 aliphatic rings. The van der Waals surface area contributed by atoms with Crippen LogP contribution in [0.1, 0.15) is 96.8 Å². The van der Waals surface area contributed by atoms with Crippen LogP contribution in [0.2, 0.25) is 0 Å². The van der Waals surface area contributed by atoms with Gasteiger partial charge in [0.05, 0.1) is 0 Å². The van der Waals surface area contributed by atoms with Gasteiger partial charge in [-0.2, -0.15) is 0 Å². The maximum atomic E-state index is 11.7. The van der Waals surface area contributed by atoms with Gasteiger partial charge in [0.15, 0.2) is 0 Å². The highest BCUT2D eigenvalue weighted by Crippen LogP contribution is 2.10. The zero-order chi connectivity index (χ0) is 17.2. The molecule has 3 nitrogen and oxygen atoms in total. The molecule has 0 aromatic heterocycles. The van der Waals surface area contributed by atoms with Gasteiger partial charge in [0, 0.05) is 13.0 Å². The lowest BCUT2D eigenvalue weighted by molar-refractivity contribution is -0.121. The van der Waals surface area contributed by atoms with E-state index in [0.717, 1.165) is 32.4 Å². The predicted octanol–water partition coefficient (Wildman–Crippen LogP) is 5.76. The number of nitrogens with zero attached hydrogens (tertiary/aromatic N) is 1. The molecule has 1 amide bonds. The average Bonchev–Trinajstić information content (AvgIpc) is 2.52. The van der Waals surface area contributed by atoms with E-state index in [1.165, 1.54) is 64.2 Å². The molecule has 0 saturated carbocycles. The molecular weight excluding hydrogens is 411 g/mol. The molecule has 0 fully saturated rings. The zero-order valence-electron chi connectivity index (χ0n) is 16.6. The Kier molecular flexibility index (Phi) is 23.3. The highest BCUT2D eigenvalue weighted by molar-refractivity contribution is 14.0. The molecule has 0 heterocycles. The summed E-state index contributed by atoms with van der Waals surface area (Å²) in [6.45, 7) is 4.26. The van der Waals surface area contributed by atoms with Crippen molar-refractivity contribution < 1.29 is 4.79 Å². The summed E-state index contributed by atoms with van der Waals surface area (Å²) in [6, 6.07) is 0. The van der Waals surface area contributed by atoms with Crippen molar-refractivity contribution in [1.82, 2.24) is 10.2 Å². The van der Waals surface area contributed by atoms with Crippen molar-refractivity contribution in [3.63, 3.8) is 0 Å². The van der Waals surface area contributed by atoms with Crippen LogP contribution in [0.25, 0.3) is 0 Å². The van der Waals surface area contributed by atoms with Gasteiger partial charge >= 0.3 is 0 Å². The van der Waals surface area contributed by atoms with Crippen LogP contribution in [0.3, 0.4) is 0 Å². The largest absolute Gasteiger partial charge is 0.356 e. The Hall–Kier alpha value is 0.160. The van der Waals surface area contributed by atoms with E-state index < -0.39 is 0 Å². The first-order valence-electron chi connectivity index (χ1n) is 10.1. The molecule has 146 valence electrons. The average molecular weight is 454 g/mol. The normalized spacial score (nSPS) is 10.7. The smallest absolute Gasteiger partial charge is 0.219 e. The summed E-state index contributed by atoms with van der Waals surface area (Å²) in [5, 5.41) is 3.06. The molecule has 0 rings (SSSR count). The number of nitrogens with one attached hydrogen (secondary N) is 1. The van der Waals surface area contributed by atoms with Gasteiger partial charge in [0.1, 0.15) is 0 Å². The van der Waals surface area contributed by atoms with E-state index in [9.17, 15) is 4.79 Å². The van der Waals surface area contributed by atoms with Crippen molar-refractivity contribution in [1.29, 1.82) is 0 Å². The van der Waals surface area contributed by atoms with Gasteiger partial charge < -0.3 is 10.2 Å². The Morgan fingerprint density at radius 2 is 1.25 bits per heavy atom. The first kappa shape index (κ1) is 26.4. The summed E-state index contributed by atoms with van der Waals surface area (Å²) in [6.07, 6.45) is 17.5. The molecular formula is C20H43IN2O. The van der Waals surface area contributed by atoms with E-state index in [1.54, 1.807) is 0 Å². The number of carbonyl (C=O) groups is 1. The molecule has 4 heteroatoms. The molecule has 0 atom stereocenters. The molecule has 0 bridgehead atoms. The highest BCUT2D eigenvalue weighted by Gasteiger charge is 2.00. The van der Waals surface area contributed by atoms with Crippen LogP contribution >= 0.6 is 24.0 Å². The van der Waals surface area contributed by atoms with Crippen LogP contribution in [-0.4, -0.2) is 38.0 Å². The molecule has 0 aromatic rings. The van der Waals surface area contributed by atoms with Crippen molar-refractivity contribution in [2.24, 2.45) is 0 Å². The fraction of sp³-hybridized carbons (Fsp3) is 0.950. The van der Waals surface area contributed by atoms with Crippen LogP contribution in [-0.2, 0) is 4.79 Å². The van der Waals surface area contributed by atoms with Crippen LogP contribution < -0.4 is 5.32 Å². The van der Waals surface area contributed by atoms with Crippen LogP contribution in [0.5, 0.6) is 0 Å². The van der Waals surface area contributed by atoms with E-state index in [2.05, 4.69) is 31.2 Å². The second-order valence-corrected chi connectivity index (χ2v) is 7.15. The summed E-state index contributed by atoms with van der Waals surface area (Å²) in [5.74, 6) is 0.241. The van der Waals surface area contributed by atoms with Gasteiger partial charge in [0.2, 0.25) is 5.91 Å². The quantitative estimate of drug-likeness (QED) is 0.224. The van der Waals surface area contributed by atoms with Crippen LogP contribution in [0.4, 0.5) is 0 Å². The van der Waals surface area contributed by atoms with Gasteiger partial charge in [-0.1, -0.05) is 71.1 Å². The van der Waals surface area contributed by atoms with Gasteiger partial charge in [-0.25, -0.2) is 0 Å². The molecule has 0 spiro atoms. The lowest BCUT2D eigenvalue weighted by Gasteiger charge is -2.09. The van der Waals surface area contributed by atoms with Gasteiger partial charge in [-0.3, -0.25) is 4.79 Å². The summed E-state index contributed by atoms with van der Waals surface area (Å²) < 4.78 is 0. The van der Waals surface area contributed by atoms with Crippen molar-refractivity contribution in [2.75, 3.05) is 27.2 Å². The molecule has 0 aromatic carbocycles. The van der Waals surface area contributed by atoms with Gasteiger partial charge in [-0.15, -0.1) is 24.0 Å². The fourth-order valence-corrected chi connectivity index (χ4v) is 2.82. The second kappa shape index (κ2) is 21.2. The van der Waals surface area contributed by atoms with Gasteiger partial charge in [-0.05, 0) is 39.9 Å². The first-order valence-corrected chi connectivity index (χ1v) is 10.1. The van der Waals surface area contributed by atoms with Crippen LogP contribution in [0, 0.1) is 0 Å². The van der Waals surface area contributed by atoms with Crippen molar-refractivity contribution in [3.8, 4) is 0 Å². The minimum atomic E-state index is 0. The fourth-order valence-electron chi connectivity index (χ4n) is 2.82. The topological polar surface area (TPSA) is 32.3 Å².